The van der Waals surface area contributed by atoms with Gasteiger partial charge in [0, 0.05) is 175 Å². The Labute approximate surface area is 800 Å². The minimum atomic E-state index is -0.125. The number of rotatable bonds is 12. The first kappa shape index (κ1) is 99.2. The maximum Gasteiger partial charge on any atom is 0.216 e. The second-order valence-electron chi connectivity index (χ2n) is 34.5. The number of allylic oxidation sites excluding steroid dienone is 6. The van der Waals surface area contributed by atoms with Crippen LogP contribution in [0.2, 0.25) is 0 Å². The molecular formula is C107H103Ir3N6O9S3-3. The number of carbonyl (C=O) groups excluding carboxylic acids is 3. The number of fused-ring (bicyclic) bond motifs is 12. The Balaban J connectivity index is 0.000000178. The molecule has 0 atom stereocenters. The molecule has 0 aliphatic rings. The second-order valence-corrected chi connectivity index (χ2v) is 37.8. The number of benzene rings is 6. The maximum absolute atomic E-state index is 10.0. The van der Waals surface area contributed by atoms with E-state index in [9.17, 15) is 14.4 Å². The van der Waals surface area contributed by atoms with Gasteiger partial charge in [0.1, 0.15) is 0 Å². The van der Waals surface area contributed by atoms with E-state index >= 15 is 0 Å². The molecule has 0 bridgehead atoms. The number of thiophene rings is 3. The third kappa shape index (κ3) is 23.4. The standard InChI is InChI=1S/C33H31N2OS.C31H27N2OS.C28H21N2OS.3C5H8O2.3Ir/c1-19-11-12-25-24-9-8-10-26(30(24)36-31(25)35-19)27-17-29-21(18-34-27)15-28(37-29)20-13-22(32(2,3)4)16-23(14-20)33(5,6)7;1-17(2)21-8-6-9-22(18(3)4)29(21)28-14-20-16-32-26(15-27(20)35-28)25-11-7-10-23-24-13-12-19(5)33-31(24)34-30(23)25;1-16(2)18-8-10-19(11-9-18)25-13-20-15-29-24(14-26(20)32-25)23-6-4-5-21-22-12-7-17(3)30-28(22)31-27(21)23;3*1-4(6)3-5(2)7;;;/h8-9,11-18H,1-7H3;6-10,12-18H,1-5H3;4-5,7-16H,1-3H3;3*3,6H,1-2H3;;;/q3*-1;;;;;;. The topological polar surface area (TPSA) is 229 Å². The number of aromatic nitrogens is 6. The first-order valence-electron chi connectivity index (χ1n) is 41.7. The number of carbonyl (C=O) groups is 3. The van der Waals surface area contributed by atoms with Gasteiger partial charge in [-0.1, -0.05) is 183 Å². The minimum absolute atomic E-state index is 0. The molecule has 0 aliphatic heterocycles. The van der Waals surface area contributed by atoms with E-state index in [0.29, 0.717) is 34.9 Å². The van der Waals surface area contributed by atoms with Crippen LogP contribution in [-0.2, 0) is 85.5 Å². The van der Waals surface area contributed by atoms with Gasteiger partial charge in [0.25, 0.3) is 0 Å². The summed E-state index contributed by atoms with van der Waals surface area (Å²) in [6, 6.07) is 70.3. The summed E-state index contributed by atoms with van der Waals surface area (Å²) in [6.45, 7) is 41.7. The summed E-state index contributed by atoms with van der Waals surface area (Å²) in [5, 5.41) is 34.7. The van der Waals surface area contributed by atoms with Crippen LogP contribution in [0.1, 0.15) is 187 Å². The van der Waals surface area contributed by atoms with E-state index in [-0.39, 0.29) is 106 Å². The van der Waals surface area contributed by atoms with Crippen LogP contribution in [0, 0.1) is 39.0 Å². The van der Waals surface area contributed by atoms with Crippen molar-refractivity contribution in [1.82, 2.24) is 29.9 Å². The molecule has 128 heavy (non-hydrogen) atoms. The zero-order chi connectivity index (χ0) is 89.8. The smallest absolute Gasteiger partial charge is 0.216 e. The van der Waals surface area contributed by atoms with E-state index < -0.39 is 0 Å². The molecule has 15 nitrogen and oxygen atoms in total. The monoisotopic (exact) mass is 2290 g/mol. The Morgan fingerprint density at radius 2 is 0.703 bits per heavy atom. The predicted octanol–water partition coefficient (Wildman–Crippen LogP) is 30.2. The summed E-state index contributed by atoms with van der Waals surface area (Å²) in [5.41, 5.74) is 23.3. The molecule has 21 heteroatoms. The number of furan rings is 3. The van der Waals surface area contributed by atoms with Crippen LogP contribution in [0.5, 0.6) is 0 Å². The molecule has 6 aromatic carbocycles. The SMILES string of the molecule is CC(=O)C=C(C)O.CC(=O)C=C(C)O.CC(=O)C=C(C)O.Cc1ccc2c(n1)oc1c(-c3cc4sc(-c5c(C(C)C)cccc5C(C)C)cc4cn3)[c-]ccc12.Cc1ccc2c(n1)oc1c(-c3cc4sc(-c5cc(C(C)(C)C)cc(C(C)(C)C)c5)cc4cn3)[c-]ccc12.Cc1ccc2c(n1)oc1c(-c3cc4sc(-c5ccc(C(C)C)cc5)cc4cn3)[c-]ccc12.[Ir].[Ir].[Ir]. The van der Waals surface area contributed by atoms with Crippen molar-refractivity contribution in [2.24, 2.45) is 0 Å². The molecule has 18 rings (SSSR count). The van der Waals surface area contributed by atoms with Crippen molar-refractivity contribution in [3.63, 3.8) is 0 Å². The molecule has 0 saturated carbocycles. The predicted molar refractivity (Wildman–Crippen MR) is 518 cm³/mol. The van der Waals surface area contributed by atoms with Gasteiger partial charge in [-0.25, -0.2) is 15.0 Å². The maximum atomic E-state index is 10.0. The van der Waals surface area contributed by atoms with E-state index in [2.05, 4.69) is 231 Å². The Morgan fingerprint density at radius 1 is 0.383 bits per heavy atom. The molecule has 0 amide bonds. The molecule has 18 aromatic rings. The molecular weight excluding hydrogens is 2190 g/mol. The number of aliphatic hydroxyl groups excluding tert-OH is 3. The van der Waals surface area contributed by atoms with Gasteiger partial charge >= 0.3 is 0 Å². The van der Waals surface area contributed by atoms with E-state index in [1.54, 1.807) is 11.3 Å². The number of ketones is 3. The molecule has 3 radical (unpaired) electrons. The Hall–Kier alpha value is -10.9. The van der Waals surface area contributed by atoms with Crippen molar-refractivity contribution in [1.29, 1.82) is 0 Å². The van der Waals surface area contributed by atoms with Gasteiger partial charge in [0.15, 0.2) is 17.3 Å². The first-order valence-corrected chi connectivity index (χ1v) is 44.1. The van der Waals surface area contributed by atoms with Crippen molar-refractivity contribution < 1.29 is 103 Å². The van der Waals surface area contributed by atoms with Crippen molar-refractivity contribution in [2.75, 3.05) is 0 Å². The van der Waals surface area contributed by atoms with Gasteiger partial charge in [-0.15, -0.1) is 88.6 Å². The number of pyridine rings is 6. The number of hydrogen-bond donors (Lipinski definition) is 3. The van der Waals surface area contributed by atoms with Crippen molar-refractivity contribution in [3.05, 3.63) is 287 Å². The van der Waals surface area contributed by atoms with Crippen LogP contribution in [0.15, 0.2) is 237 Å². The molecule has 0 saturated heterocycles. The Morgan fingerprint density at radius 3 is 1.00 bits per heavy atom. The first-order chi connectivity index (χ1) is 59.3. The van der Waals surface area contributed by atoms with Gasteiger partial charge in [-0.2, -0.15) is 0 Å². The summed E-state index contributed by atoms with van der Waals surface area (Å²) in [6.07, 6.45) is 9.40. The van der Waals surface area contributed by atoms with Gasteiger partial charge in [-0.3, -0.25) is 14.4 Å². The van der Waals surface area contributed by atoms with Crippen LogP contribution < -0.4 is 0 Å². The average molecular weight is 2290 g/mol. The fourth-order valence-corrected chi connectivity index (χ4v) is 18.0. The van der Waals surface area contributed by atoms with E-state index in [4.69, 9.17) is 43.5 Å². The molecule has 12 heterocycles. The summed E-state index contributed by atoms with van der Waals surface area (Å²) >= 11 is 5.44. The van der Waals surface area contributed by atoms with Gasteiger partial charge in [-0.05, 0) is 219 Å². The normalized spacial score (nSPS) is 11.8. The third-order valence-electron chi connectivity index (χ3n) is 21.0. The van der Waals surface area contributed by atoms with Crippen LogP contribution >= 0.6 is 34.0 Å². The zero-order valence-electron chi connectivity index (χ0n) is 75.6. The van der Waals surface area contributed by atoms with Crippen LogP contribution in [-0.4, -0.2) is 62.6 Å². The van der Waals surface area contributed by atoms with Crippen LogP contribution in [0.25, 0.3) is 162 Å². The molecule has 0 spiro atoms. The Kier molecular flexibility index (Phi) is 32.6. The molecule has 663 valence electrons. The van der Waals surface area contributed by atoms with Crippen molar-refractivity contribution >= 4 is 148 Å². The van der Waals surface area contributed by atoms with E-state index in [1.165, 1.54) is 133 Å². The number of hydrogen-bond acceptors (Lipinski definition) is 18. The van der Waals surface area contributed by atoms with Gasteiger partial charge in [0.2, 0.25) is 17.1 Å². The largest absolute Gasteiger partial charge is 0.512 e. The summed E-state index contributed by atoms with van der Waals surface area (Å²) < 4.78 is 22.2. The molecule has 3 N–H and O–H groups in total. The Bertz CT molecular complexity index is 7090. The number of aliphatic hydroxyl groups is 3. The van der Waals surface area contributed by atoms with Gasteiger partial charge < -0.3 is 43.5 Å². The van der Waals surface area contributed by atoms with Crippen molar-refractivity contribution in [2.45, 2.75) is 174 Å². The summed E-state index contributed by atoms with van der Waals surface area (Å²) in [4.78, 5) is 62.0. The zero-order valence-corrected chi connectivity index (χ0v) is 85.2. The van der Waals surface area contributed by atoms with E-state index in [1.807, 2.05) is 117 Å². The molecule has 0 aliphatic carbocycles. The summed E-state index contributed by atoms with van der Waals surface area (Å²) in [5.74, 6) is 1.27. The molecule has 12 aromatic heterocycles. The molecule has 0 unspecified atom stereocenters. The van der Waals surface area contributed by atoms with Crippen LogP contribution in [0.4, 0.5) is 0 Å². The van der Waals surface area contributed by atoms with E-state index in [0.717, 1.165) is 116 Å². The van der Waals surface area contributed by atoms with Gasteiger partial charge in [0.05, 0.1) is 34.0 Å². The third-order valence-corrected chi connectivity index (χ3v) is 24.4. The van der Waals surface area contributed by atoms with Crippen LogP contribution in [0.3, 0.4) is 0 Å². The quantitative estimate of drug-likeness (QED) is 0.0587. The fraction of sp³-hybridized carbons (Fsp3) is 0.243. The second kappa shape index (κ2) is 42.1. The van der Waals surface area contributed by atoms with Crippen molar-refractivity contribution in [3.8, 4) is 65.1 Å². The minimum Gasteiger partial charge on any atom is -0.512 e. The molecule has 0 fully saturated rings. The average Bonchev–Trinajstić information content (AvgIpc) is 1.64. The number of nitrogens with zero attached hydrogens (tertiary/aromatic N) is 6. The summed E-state index contributed by atoms with van der Waals surface area (Å²) in [7, 11) is 0. The fourth-order valence-electron chi connectivity index (χ4n) is 14.7. The number of aryl methyl sites for hydroxylation is 3.